The van der Waals surface area contributed by atoms with E-state index in [-0.39, 0.29) is 43.9 Å². The molecule has 0 aliphatic heterocycles. The van der Waals surface area contributed by atoms with Crippen molar-refractivity contribution in [3.05, 3.63) is 0 Å². The number of rotatable bonds is 4. The summed E-state index contributed by atoms with van der Waals surface area (Å²) in [5.41, 5.74) is 0. The maximum atomic E-state index is 9.88. The Labute approximate surface area is 83.6 Å². The van der Waals surface area contributed by atoms with Crippen LogP contribution in [-0.4, -0.2) is 34.4 Å². The summed E-state index contributed by atoms with van der Waals surface area (Å²) in [5, 5.41) is 17.8. The van der Waals surface area contributed by atoms with Crippen molar-refractivity contribution in [1.29, 1.82) is 0 Å². The van der Waals surface area contributed by atoms with Crippen LogP contribution in [0.2, 0.25) is 0 Å². The van der Waals surface area contributed by atoms with E-state index in [1.54, 1.807) is 6.92 Å². The van der Waals surface area contributed by atoms with Crippen molar-refractivity contribution >= 4 is 5.97 Å². The van der Waals surface area contributed by atoms with E-state index in [9.17, 15) is 4.79 Å². The van der Waals surface area contributed by atoms with Crippen LogP contribution in [-0.2, 0) is 4.79 Å². The molecule has 0 atom stereocenters. The topological polar surface area (TPSA) is 60.8 Å². The van der Waals surface area contributed by atoms with E-state index in [0.717, 1.165) is 5.06 Å². The predicted octanol–water partition coefficient (Wildman–Crippen LogP) is -2.71. The Bertz CT molecular complexity index is 104. The normalized spacial score (nSPS) is 9.10. The van der Waals surface area contributed by atoms with Gasteiger partial charge in [-0.25, -0.2) is 0 Å². The van der Waals surface area contributed by atoms with Crippen molar-refractivity contribution in [2.45, 2.75) is 13.3 Å². The maximum absolute atomic E-state index is 9.88. The molecule has 0 spiro atoms. The van der Waals surface area contributed by atoms with Crippen molar-refractivity contribution < 1.29 is 46.1 Å². The molecule has 0 aromatic heterocycles. The number of nitrogens with zero attached hydrogens (tertiary/aromatic N) is 1. The summed E-state index contributed by atoms with van der Waals surface area (Å²) in [4.78, 5) is 9.88. The van der Waals surface area contributed by atoms with Crippen LogP contribution in [0.25, 0.3) is 0 Å². The molecule has 0 saturated carbocycles. The van der Waals surface area contributed by atoms with Crippen molar-refractivity contribution in [3.8, 4) is 0 Å². The minimum Gasteiger partial charge on any atom is -1.00 e. The Morgan fingerprint density at radius 3 is 2.50 bits per heavy atom. The molecule has 0 bridgehead atoms. The van der Waals surface area contributed by atoms with Crippen molar-refractivity contribution in [3.63, 3.8) is 0 Å². The molecule has 0 radical (unpaired) electrons. The molecule has 0 unspecified atom stereocenters. The molecular weight excluding hydrogens is 145 g/mol. The van der Waals surface area contributed by atoms with Gasteiger partial charge in [0.05, 0.1) is 6.42 Å². The molecule has 0 aliphatic rings. The van der Waals surface area contributed by atoms with Gasteiger partial charge in [0.1, 0.15) is 0 Å². The van der Waals surface area contributed by atoms with E-state index < -0.39 is 5.97 Å². The maximum Gasteiger partial charge on any atom is 1.00 e. The van der Waals surface area contributed by atoms with Crippen LogP contribution in [0.15, 0.2) is 0 Å². The number of aliphatic carboxylic acids is 1. The molecule has 0 rings (SSSR count). The summed E-state index contributed by atoms with van der Waals surface area (Å²) in [6.45, 7) is 2.42. The van der Waals surface area contributed by atoms with Gasteiger partial charge in [0.25, 0.3) is 0 Å². The minimum absolute atomic E-state index is 0. The first-order valence-electron chi connectivity index (χ1n) is 2.82. The van der Waals surface area contributed by atoms with Crippen molar-refractivity contribution in [2.24, 2.45) is 0 Å². The summed E-state index contributed by atoms with van der Waals surface area (Å²) in [6, 6.07) is 0. The van der Waals surface area contributed by atoms with Gasteiger partial charge in [0.15, 0.2) is 0 Å². The third-order valence-electron chi connectivity index (χ3n) is 0.949. The molecule has 4 nitrogen and oxygen atoms in total. The molecule has 0 aromatic rings. The van der Waals surface area contributed by atoms with Crippen LogP contribution in [0.4, 0.5) is 0 Å². The molecule has 2 N–H and O–H groups in total. The zero-order valence-electron chi connectivity index (χ0n) is 7.37. The van der Waals surface area contributed by atoms with Gasteiger partial charge < -0.3 is 11.7 Å². The fourth-order valence-corrected chi connectivity index (χ4v) is 0.383. The van der Waals surface area contributed by atoms with Gasteiger partial charge in [-0.2, -0.15) is 5.06 Å². The minimum atomic E-state index is -0.887. The van der Waals surface area contributed by atoms with Crippen LogP contribution >= 0.6 is 0 Å². The Morgan fingerprint density at radius 1 is 1.70 bits per heavy atom. The third kappa shape index (κ3) is 8.39. The Kier molecular flexibility index (Phi) is 9.76. The number of hydrogen-bond acceptors (Lipinski definition) is 3. The number of hydroxylamine groups is 2. The first-order chi connectivity index (χ1) is 4.16. The molecule has 0 amide bonds. The van der Waals surface area contributed by atoms with Gasteiger partial charge in [-0.1, -0.05) is 6.92 Å². The largest absolute Gasteiger partial charge is 1.00 e. The molecule has 5 heteroatoms. The van der Waals surface area contributed by atoms with E-state index in [1.807, 2.05) is 0 Å². The molecule has 0 heterocycles. The summed E-state index contributed by atoms with van der Waals surface area (Å²) in [7, 11) is 0. The first kappa shape index (κ1) is 13.0. The second kappa shape index (κ2) is 7.50. The fourth-order valence-electron chi connectivity index (χ4n) is 0.383. The van der Waals surface area contributed by atoms with E-state index >= 15 is 0 Å². The SMILES string of the molecule is CCN(O)CCC(=O)O.[H-].[Na+]. The first-order valence-corrected chi connectivity index (χ1v) is 2.82. The smallest absolute Gasteiger partial charge is 1.00 e. The zero-order valence-corrected chi connectivity index (χ0v) is 8.37. The number of hydrogen-bond donors (Lipinski definition) is 2. The molecule has 10 heavy (non-hydrogen) atoms. The van der Waals surface area contributed by atoms with Crippen LogP contribution in [0.3, 0.4) is 0 Å². The van der Waals surface area contributed by atoms with Crippen molar-refractivity contribution in [2.75, 3.05) is 13.1 Å². The molecule has 0 aromatic carbocycles. The van der Waals surface area contributed by atoms with Crippen LogP contribution in [0, 0.1) is 0 Å². The number of carboxylic acids is 1. The number of carboxylic acid groups (broad SMARTS) is 1. The average molecular weight is 157 g/mol. The third-order valence-corrected chi connectivity index (χ3v) is 0.949. The average Bonchev–Trinajstić information content (AvgIpc) is 1.83. The Hall–Kier alpha value is 0.390. The van der Waals surface area contributed by atoms with Gasteiger partial charge in [-0.15, -0.1) is 0 Å². The second-order valence-corrected chi connectivity index (χ2v) is 1.69. The summed E-state index contributed by atoms with van der Waals surface area (Å²) in [5.74, 6) is -0.887. The quantitative estimate of drug-likeness (QED) is 0.344. The Morgan fingerprint density at radius 2 is 2.20 bits per heavy atom. The molecule has 56 valence electrons. The van der Waals surface area contributed by atoms with Gasteiger partial charge in [0, 0.05) is 13.1 Å². The fraction of sp³-hybridized carbons (Fsp3) is 0.800. The Balaban J connectivity index is -0.000000320. The van der Waals surface area contributed by atoms with Crippen LogP contribution in [0.5, 0.6) is 0 Å². The standard InChI is InChI=1S/C5H11NO3.Na.H/c1-2-6(9)4-3-5(7)8;;/h9H,2-4H2,1H3,(H,7,8);;/q;+1;-1. The van der Waals surface area contributed by atoms with E-state index in [1.165, 1.54) is 0 Å². The molecule has 0 fully saturated rings. The zero-order chi connectivity index (χ0) is 7.28. The number of carbonyl (C=O) groups is 1. The summed E-state index contributed by atoms with van der Waals surface area (Å²) in [6.07, 6.45) is -0.00958. The second-order valence-electron chi connectivity index (χ2n) is 1.69. The van der Waals surface area contributed by atoms with Gasteiger partial charge in [0.2, 0.25) is 0 Å². The molecule has 0 aliphatic carbocycles. The molecule has 0 saturated heterocycles. The summed E-state index contributed by atoms with van der Waals surface area (Å²) < 4.78 is 0. The summed E-state index contributed by atoms with van der Waals surface area (Å²) >= 11 is 0. The van der Waals surface area contributed by atoms with Gasteiger partial charge in [-0.05, 0) is 0 Å². The van der Waals surface area contributed by atoms with E-state index in [4.69, 9.17) is 10.3 Å². The van der Waals surface area contributed by atoms with Crippen molar-refractivity contribution in [1.82, 2.24) is 5.06 Å². The van der Waals surface area contributed by atoms with Crippen LogP contribution < -0.4 is 29.6 Å². The monoisotopic (exact) mass is 157 g/mol. The van der Waals surface area contributed by atoms with Crippen LogP contribution in [0.1, 0.15) is 14.8 Å². The van der Waals surface area contributed by atoms with E-state index in [2.05, 4.69) is 0 Å². The van der Waals surface area contributed by atoms with E-state index in [0.29, 0.717) is 6.54 Å². The van der Waals surface area contributed by atoms with Gasteiger partial charge in [-0.3, -0.25) is 4.79 Å². The predicted molar refractivity (Wildman–Crippen MR) is 32.4 cm³/mol. The molecular formula is C5H12NNaO3. The van der Waals surface area contributed by atoms with Gasteiger partial charge >= 0.3 is 35.5 Å².